The normalized spacial score (nSPS) is 15.2. The Bertz CT molecular complexity index is 824. The van der Waals surface area contributed by atoms with Crippen molar-refractivity contribution in [2.24, 2.45) is 0 Å². The van der Waals surface area contributed by atoms with Crippen molar-refractivity contribution >= 4 is 38.5 Å². The van der Waals surface area contributed by atoms with Gasteiger partial charge in [-0.1, -0.05) is 34.6 Å². The number of halogens is 1. The number of carbonyl (C=O) groups excluding carboxylic acids is 2. The fraction of sp³-hybridized carbons (Fsp3) is 0.176. The largest absolute Gasteiger partial charge is 0.271 e. The molecular formula is C17H14BrNO4. The van der Waals surface area contributed by atoms with Crippen molar-refractivity contribution in [3.63, 3.8) is 0 Å². The molecule has 0 bridgehead atoms. The Hall–Kier alpha value is -2.02. The summed E-state index contributed by atoms with van der Waals surface area (Å²) < 4.78 is 0.825. The third-order valence-electron chi connectivity index (χ3n) is 3.96. The number of nitrogens with zero attached hydrogens (tertiary/aromatic N) is 1. The molecule has 2 amide bonds. The highest BCUT2D eigenvalue weighted by Gasteiger charge is 2.34. The Balaban J connectivity index is 2.13. The summed E-state index contributed by atoms with van der Waals surface area (Å²) in [6, 6.07) is 8.79. The van der Waals surface area contributed by atoms with Crippen LogP contribution in [-0.4, -0.2) is 34.6 Å². The van der Waals surface area contributed by atoms with Crippen LogP contribution in [0.1, 0.15) is 27.6 Å². The van der Waals surface area contributed by atoms with E-state index in [0.29, 0.717) is 22.1 Å². The lowest BCUT2D eigenvalue weighted by Gasteiger charge is -2.29. The van der Waals surface area contributed by atoms with Gasteiger partial charge >= 0.3 is 0 Å². The molecule has 5 nitrogen and oxygen atoms in total. The van der Waals surface area contributed by atoms with Crippen LogP contribution in [0.5, 0.6) is 0 Å². The number of hydrogen-bond donors (Lipinski definition) is 1. The second-order valence-corrected chi connectivity index (χ2v) is 6.34. The van der Waals surface area contributed by atoms with Crippen LogP contribution in [0.3, 0.4) is 0 Å². The van der Waals surface area contributed by atoms with E-state index in [9.17, 15) is 9.59 Å². The molecule has 118 valence electrons. The molecule has 2 aromatic rings. The molecule has 23 heavy (non-hydrogen) atoms. The van der Waals surface area contributed by atoms with Crippen LogP contribution in [0.25, 0.3) is 10.8 Å². The summed E-state index contributed by atoms with van der Waals surface area (Å²) in [5.41, 5.74) is 1.43. The molecule has 0 saturated carbocycles. The predicted octanol–water partition coefficient (Wildman–Crippen LogP) is 3.63. The zero-order valence-corrected chi connectivity index (χ0v) is 14.0. The van der Waals surface area contributed by atoms with Crippen LogP contribution in [0.2, 0.25) is 0 Å². The second kappa shape index (κ2) is 5.88. The Kier molecular flexibility index (Phi) is 4.06. The quantitative estimate of drug-likeness (QED) is 0.383. The Morgan fingerprint density at radius 3 is 2.52 bits per heavy atom. The van der Waals surface area contributed by atoms with Gasteiger partial charge in [0.1, 0.15) is 6.10 Å². The monoisotopic (exact) mass is 375 g/mol. The summed E-state index contributed by atoms with van der Waals surface area (Å²) in [5, 5.41) is 10.4. The van der Waals surface area contributed by atoms with Gasteiger partial charge < -0.3 is 0 Å². The van der Waals surface area contributed by atoms with Crippen molar-refractivity contribution in [2.45, 2.75) is 13.0 Å². The smallest absolute Gasteiger partial charge is 0.261 e. The fourth-order valence-electron chi connectivity index (χ4n) is 2.72. The maximum absolute atomic E-state index is 12.7. The summed E-state index contributed by atoms with van der Waals surface area (Å²) in [6.45, 7) is 5.27. The van der Waals surface area contributed by atoms with Gasteiger partial charge in [0.05, 0.1) is 6.54 Å². The molecule has 1 atom stereocenters. The van der Waals surface area contributed by atoms with E-state index in [1.165, 1.54) is 0 Å². The van der Waals surface area contributed by atoms with Crippen molar-refractivity contribution in [2.75, 3.05) is 6.54 Å². The maximum atomic E-state index is 12.7. The lowest BCUT2D eigenvalue weighted by Crippen LogP contribution is -2.45. The molecule has 1 aliphatic rings. The lowest BCUT2D eigenvalue weighted by atomic mass is 9.93. The van der Waals surface area contributed by atoms with E-state index in [-0.39, 0.29) is 6.54 Å². The third kappa shape index (κ3) is 2.49. The van der Waals surface area contributed by atoms with Crippen molar-refractivity contribution < 1.29 is 19.7 Å². The van der Waals surface area contributed by atoms with Gasteiger partial charge in [-0.2, -0.15) is 0 Å². The average Bonchev–Trinajstić information content (AvgIpc) is 2.53. The van der Waals surface area contributed by atoms with Crippen LogP contribution in [0.4, 0.5) is 0 Å². The average molecular weight is 376 g/mol. The first kappa shape index (κ1) is 15.9. The van der Waals surface area contributed by atoms with Crippen LogP contribution in [-0.2, 0) is 4.89 Å². The molecule has 0 radical (unpaired) electrons. The van der Waals surface area contributed by atoms with E-state index in [0.717, 1.165) is 14.8 Å². The van der Waals surface area contributed by atoms with Gasteiger partial charge in [-0.15, -0.1) is 0 Å². The summed E-state index contributed by atoms with van der Waals surface area (Å²) in [7, 11) is 0. The molecule has 1 N–H and O–H groups in total. The third-order valence-corrected chi connectivity index (χ3v) is 4.66. The molecule has 1 unspecified atom stereocenters. The van der Waals surface area contributed by atoms with Gasteiger partial charge in [-0.05, 0) is 36.1 Å². The lowest BCUT2D eigenvalue weighted by molar-refractivity contribution is -0.268. The maximum Gasteiger partial charge on any atom is 0.261 e. The van der Waals surface area contributed by atoms with Crippen molar-refractivity contribution in [1.29, 1.82) is 0 Å². The van der Waals surface area contributed by atoms with Crippen molar-refractivity contribution in [1.82, 2.24) is 4.90 Å². The van der Waals surface area contributed by atoms with Crippen LogP contribution >= 0.6 is 15.9 Å². The standard InChI is InChI=1S/C17H14BrNO4/c1-9(2)14(23-22)8-19-16(20)11-5-3-4-10-13(18)7-6-12(15(10)11)17(19)21/h3-7,14,22H,1,8H2,2H3. The van der Waals surface area contributed by atoms with Gasteiger partial charge in [0, 0.05) is 21.0 Å². The molecule has 1 heterocycles. The number of hydrogen-bond acceptors (Lipinski definition) is 4. The molecule has 0 spiro atoms. The van der Waals surface area contributed by atoms with Gasteiger partial charge in [0.25, 0.3) is 11.8 Å². The molecule has 0 aliphatic carbocycles. The zero-order chi connectivity index (χ0) is 16.7. The zero-order valence-electron chi connectivity index (χ0n) is 12.4. The van der Waals surface area contributed by atoms with Gasteiger partial charge in [0.15, 0.2) is 0 Å². The topological polar surface area (TPSA) is 66.8 Å². The van der Waals surface area contributed by atoms with Crippen molar-refractivity contribution in [3.05, 3.63) is 58.1 Å². The highest BCUT2D eigenvalue weighted by Crippen LogP contribution is 2.34. The molecule has 0 aromatic heterocycles. The number of carbonyl (C=O) groups is 2. The molecule has 2 aromatic carbocycles. The van der Waals surface area contributed by atoms with E-state index in [2.05, 4.69) is 27.4 Å². The summed E-state index contributed by atoms with van der Waals surface area (Å²) in [6.07, 6.45) is -0.820. The van der Waals surface area contributed by atoms with Crippen LogP contribution in [0.15, 0.2) is 47.0 Å². The van der Waals surface area contributed by atoms with Gasteiger partial charge in [-0.3, -0.25) is 19.7 Å². The highest BCUT2D eigenvalue weighted by atomic mass is 79.9. The first-order valence-electron chi connectivity index (χ1n) is 6.98. The van der Waals surface area contributed by atoms with Gasteiger partial charge in [0.2, 0.25) is 0 Å². The number of benzene rings is 2. The summed E-state index contributed by atoms with van der Waals surface area (Å²) in [4.78, 5) is 30.9. The minimum absolute atomic E-state index is 0.0879. The minimum Gasteiger partial charge on any atom is -0.271 e. The van der Waals surface area contributed by atoms with Crippen molar-refractivity contribution in [3.8, 4) is 0 Å². The Morgan fingerprint density at radius 1 is 1.26 bits per heavy atom. The second-order valence-electron chi connectivity index (χ2n) is 5.48. The van der Waals surface area contributed by atoms with E-state index < -0.39 is 17.9 Å². The molecule has 6 heteroatoms. The van der Waals surface area contributed by atoms with Gasteiger partial charge in [-0.25, -0.2) is 4.89 Å². The molecule has 0 fully saturated rings. The highest BCUT2D eigenvalue weighted by molar-refractivity contribution is 9.10. The van der Waals surface area contributed by atoms with E-state index >= 15 is 0 Å². The number of amides is 2. The molecule has 3 rings (SSSR count). The van der Waals surface area contributed by atoms with Crippen LogP contribution in [0, 0.1) is 0 Å². The number of imide groups is 1. The molecule has 0 saturated heterocycles. The van der Waals surface area contributed by atoms with Crippen LogP contribution < -0.4 is 0 Å². The summed E-state index contributed by atoms with van der Waals surface area (Å²) >= 11 is 3.44. The Labute approximate surface area is 141 Å². The predicted molar refractivity (Wildman–Crippen MR) is 89.3 cm³/mol. The first-order chi connectivity index (χ1) is 11.0. The fourth-order valence-corrected chi connectivity index (χ4v) is 3.18. The van der Waals surface area contributed by atoms with E-state index in [4.69, 9.17) is 5.26 Å². The van der Waals surface area contributed by atoms with E-state index in [1.807, 2.05) is 6.07 Å². The Morgan fingerprint density at radius 2 is 1.91 bits per heavy atom. The number of rotatable bonds is 4. The minimum atomic E-state index is -0.820. The molecule has 1 aliphatic heterocycles. The SMILES string of the molecule is C=C(C)C(CN1C(=O)c2cccc3c(Br)ccc(c23)C1=O)OO. The first-order valence-corrected chi connectivity index (χ1v) is 7.78. The van der Waals surface area contributed by atoms with E-state index in [1.54, 1.807) is 31.2 Å². The summed E-state index contributed by atoms with van der Waals surface area (Å²) in [5.74, 6) is -0.816. The molecular weight excluding hydrogens is 362 g/mol.